The molecular weight excluding hydrogens is 272 g/mol. The SMILES string of the molecule is N#CC(C(N)=O)=C(N)Nc1ccc(Br)cc1. The van der Waals surface area contributed by atoms with Gasteiger partial charge in [0.15, 0.2) is 5.57 Å². The molecule has 1 rings (SSSR count). The van der Waals surface area contributed by atoms with Crippen molar-refractivity contribution in [2.24, 2.45) is 11.5 Å². The number of carbonyl (C=O) groups is 1. The summed E-state index contributed by atoms with van der Waals surface area (Å²) < 4.78 is 0.913. The predicted molar refractivity (Wildman–Crippen MR) is 63.8 cm³/mol. The van der Waals surface area contributed by atoms with Gasteiger partial charge in [-0.05, 0) is 24.3 Å². The lowest BCUT2D eigenvalue weighted by Gasteiger charge is -2.07. The molecule has 1 aromatic carbocycles. The molecule has 82 valence electrons. The molecule has 1 amide bonds. The molecule has 0 bridgehead atoms. The molecule has 0 aromatic heterocycles. The van der Waals surface area contributed by atoms with Crippen molar-refractivity contribution < 1.29 is 4.79 Å². The van der Waals surface area contributed by atoms with E-state index < -0.39 is 5.91 Å². The number of hydrogen-bond acceptors (Lipinski definition) is 4. The van der Waals surface area contributed by atoms with Gasteiger partial charge in [0, 0.05) is 10.2 Å². The zero-order chi connectivity index (χ0) is 12.1. The summed E-state index contributed by atoms with van der Waals surface area (Å²) in [4.78, 5) is 10.8. The van der Waals surface area contributed by atoms with Crippen LogP contribution in [-0.2, 0) is 4.79 Å². The zero-order valence-corrected chi connectivity index (χ0v) is 9.78. The second-order valence-corrected chi connectivity index (χ2v) is 3.81. The van der Waals surface area contributed by atoms with Gasteiger partial charge in [-0.15, -0.1) is 0 Å². The highest BCUT2D eigenvalue weighted by Crippen LogP contribution is 2.15. The molecule has 0 unspecified atom stereocenters. The molecule has 0 aliphatic rings. The Bertz CT molecular complexity index is 473. The van der Waals surface area contributed by atoms with E-state index in [0.29, 0.717) is 5.69 Å². The van der Waals surface area contributed by atoms with Crippen LogP contribution in [0.15, 0.2) is 40.1 Å². The summed E-state index contributed by atoms with van der Waals surface area (Å²) in [5, 5.41) is 11.4. The second kappa shape index (κ2) is 5.19. The molecule has 0 atom stereocenters. The van der Waals surface area contributed by atoms with Crippen LogP contribution in [0.2, 0.25) is 0 Å². The maximum atomic E-state index is 10.8. The molecule has 16 heavy (non-hydrogen) atoms. The van der Waals surface area contributed by atoms with Crippen molar-refractivity contribution in [2.45, 2.75) is 0 Å². The van der Waals surface area contributed by atoms with Gasteiger partial charge in [-0.2, -0.15) is 5.26 Å². The summed E-state index contributed by atoms with van der Waals surface area (Å²) in [6.07, 6.45) is 0. The van der Waals surface area contributed by atoms with E-state index >= 15 is 0 Å². The van der Waals surface area contributed by atoms with Crippen LogP contribution >= 0.6 is 15.9 Å². The molecule has 1 aromatic rings. The first-order chi connectivity index (χ1) is 7.54. The molecule has 5 nitrogen and oxygen atoms in total. The highest BCUT2D eigenvalue weighted by molar-refractivity contribution is 9.10. The van der Waals surface area contributed by atoms with E-state index in [1.54, 1.807) is 30.3 Å². The van der Waals surface area contributed by atoms with Gasteiger partial charge in [0.25, 0.3) is 5.91 Å². The Balaban J connectivity index is 2.93. The molecule has 0 fully saturated rings. The summed E-state index contributed by atoms with van der Waals surface area (Å²) in [7, 11) is 0. The number of amides is 1. The minimum Gasteiger partial charge on any atom is -0.384 e. The topological polar surface area (TPSA) is 105 Å². The summed E-state index contributed by atoms with van der Waals surface area (Å²) in [5.74, 6) is -0.915. The molecular formula is C10H9BrN4O. The lowest BCUT2D eigenvalue weighted by Crippen LogP contribution is -2.21. The molecule has 0 saturated heterocycles. The molecule has 0 radical (unpaired) electrons. The average Bonchev–Trinajstić information content (AvgIpc) is 2.22. The fraction of sp³-hybridized carbons (Fsp3) is 0. The van der Waals surface area contributed by atoms with Crippen LogP contribution in [0.4, 0.5) is 5.69 Å². The van der Waals surface area contributed by atoms with E-state index in [9.17, 15) is 4.79 Å². The molecule has 0 aliphatic carbocycles. The number of halogens is 1. The fourth-order valence-corrected chi connectivity index (χ4v) is 1.26. The number of nitrogens with one attached hydrogen (secondary N) is 1. The van der Waals surface area contributed by atoms with Gasteiger partial charge in [0.1, 0.15) is 11.9 Å². The van der Waals surface area contributed by atoms with Crippen LogP contribution in [0.5, 0.6) is 0 Å². The van der Waals surface area contributed by atoms with Crippen molar-refractivity contribution in [1.29, 1.82) is 5.26 Å². The van der Waals surface area contributed by atoms with Gasteiger partial charge in [-0.3, -0.25) is 4.79 Å². The Kier molecular flexibility index (Phi) is 3.91. The maximum Gasteiger partial charge on any atom is 0.263 e. The third kappa shape index (κ3) is 3.00. The summed E-state index contributed by atoms with van der Waals surface area (Å²) in [5.41, 5.74) is 10.9. The molecule has 0 saturated carbocycles. The standard InChI is InChI=1S/C10H9BrN4O/c11-6-1-3-7(4-2-6)15-9(13)8(5-12)10(14)16/h1-4,15H,13H2,(H2,14,16). The van der Waals surface area contributed by atoms with Gasteiger partial charge < -0.3 is 16.8 Å². The number of hydrogen-bond donors (Lipinski definition) is 3. The quantitative estimate of drug-likeness (QED) is 0.568. The Labute approximate surface area is 101 Å². The van der Waals surface area contributed by atoms with Crippen LogP contribution in [0.3, 0.4) is 0 Å². The van der Waals surface area contributed by atoms with Gasteiger partial charge in [-0.1, -0.05) is 15.9 Å². The molecule has 0 heterocycles. The first-order valence-electron chi connectivity index (χ1n) is 4.27. The molecule has 6 heteroatoms. The third-order valence-electron chi connectivity index (χ3n) is 1.75. The van der Waals surface area contributed by atoms with Crippen molar-refractivity contribution >= 4 is 27.5 Å². The van der Waals surface area contributed by atoms with E-state index in [1.165, 1.54) is 0 Å². The highest BCUT2D eigenvalue weighted by atomic mass is 79.9. The van der Waals surface area contributed by atoms with Crippen molar-refractivity contribution in [3.63, 3.8) is 0 Å². The summed E-state index contributed by atoms with van der Waals surface area (Å²) in [6, 6.07) is 8.72. The van der Waals surface area contributed by atoms with E-state index in [4.69, 9.17) is 16.7 Å². The monoisotopic (exact) mass is 280 g/mol. The van der Waals surface area contributed by atoms with Crippen molar-refractivity contribution in [2.75, 3.05) is 5.32 Å². The maximum absolute atomic E-state index is 10.8. The summed E-state index contributed by atoms with van der Waals surface area (Å²) >= 11 is 3.28. The second-order valence-electron chi connectivity index (χ2n) is 2.90. The minimum absolute atomic E-state index is 0.0580. The van der Waals surface area contributed by atoms with E-state index in [2.05, 4.69) is 21.2 Å². The van der Waals surface area contributed by atoms with Crippen LogP contribution in [-0.4, -0.2) is 5.91 Å². The number of rotatable bonds is 3. The molecule has 0 aliphatic heterocycles. The average molecular weight is 281 g/mol. The van der Waals surface area contributed by atoms with Crippen LogP contribution < -0.4 is 16.8 Å². The Morgan fingerprint density at radius 2 is 1.88 bits per heavy atom. The van der Waals surface area contributed by atoms with E-state index in [0.717, 1.165) is 4.47 Å². The van der Waals surface area contributed by atoms with Crippen LogP contribution in [0.1, 0.15) is 0 Å². The lowest BCUT2D eigenvalue weighted by atomic mass is 10.2. The summed E-state index contributed by atoms with van der Waals surface area (Å²) in [6.45, 7) is 0. The lowest BCUT2D eigenvalue weighted by molar-refractivity contribution is -0.114. The highest BCUT2D eigenvalue weighted by Gasteiger charge is 2.09. The Hall–Kier alpha value is -2.00. The van der Waals surface area contributed by atoms with Crippen molar-refractivity contribution in [3.8, 4) is 6.07 Å². The van der Waals surface area contributed by atoms with E-state index in [-0.39, 0.29) is 11.4 Å². The van der Waals surface area contributed by atoms with Gasteiger partial charge in [0.05, 0.1) is 0 Å². The number of carbonyl (C=O) groups excluding carboxylic acids is 1. The van der Waals surface area contributed by atoms with Crippen molar-refractivity contribution in [1.82, 2.24) is 0 Å². The van der Waals surface area contributed by atoms with Crippen molar-refractivity contribution in [3.05, 3.63) is 40.1 Å². The Morgan fingerprint density at radius 3 is 2.31 bits per heavy atom. The Morgan fingerprint density at radius 1 is 1.31 bits per heavy atom. The van der Waals surface area contributed by atoms with Gasteiger partial charge in [-0.25, -0.2) is 0 Å². The van der Waals surface area contributed by atoms with Crippen LogP contribution in [0, 0.1) is 11.3 Å². The smallest absolute Gasteiger partial charge is 0.263 e. The molecule has 5 N–H and O–H groups in total. The number of nitrogens with two attached hydrogens (primary N) is 2. The van der Waals surface area contributed by atoms with E-state index in [1.807, 2.05) is 0 Å². The first kappa shape index (κ1) is 12.1. The number of primary amides is 1. The normalized spacial score (nSPS) is 11.2. The third-order valence-corrected chi connectivity index (χ3v) is 2.28. The largest absolute Gasteiger partial charge is 0.384 e. The van der Waals surface area contributed by atoms with Gasteiger partial charge >= 0.3 is 0 Å². The number of nitriles is 1. The van der Waals surface area contributed by atoms with Gasteiger partial charge in [0.2, 0.25) is 0 Å². The fourth-order valence-electron chi connectivity index (χ4n) is 0.999. The number of benzene rings is 1. The van der Waals surface area contributed by atoms with Crippen LogP contribution in [0.25, 0.3) is 0 Å². The first-order valence-corrected chi connectivity index (χ1v) is 5.06. The number of anilines is 1. The predicted octanol–water partition coefficient (Wildman–Crippen LogP) is 1.04. The molecule has 0 spiro atoms. The zero-order valence-electron chi connectivity index (χ0n) is 8.20. The minimum atomic E-state index is -0.857. The number of nitrogens with zero attached hydrogens (tertiary/aromatic N) is 1.